The maximum absolute atomic E-state index is 11.0. The first-order valence-corrected chi connectivity index (χ1v) is 7.16. The fourth-order valence-corrected chi connectivity index (χ4v) is 2.64. The molecule has 7 heteroatoms. The van der Waals surface area contributed by atoms with Crippen LogP contribution in [0.3, 0.4) is 0 Å². The van der Waals surface area contributed by atoms with Gasteiger partial charge in [-0.2, -0.15) is 0 Å². The van der Waals surface area contributed by atoms with Gasteiger partial charge in [-0.1, -0.05) is 0 Å². The minimum absolute atomic E-state index is 0.399. The van der Waals surface area contributed by atoms with Crippen molar-refractivity contribution in [1.29, 1.82) is 0 Å². The number of imidazole rings is 1. The normalized spacial score (nSPS) is 10.5. The number of rotatable bonds is 5. The van der Waals surface area contributed by atoms with Gasteiger partial charge in [0.05, 0.1) is 17.4 Å². The summed E-state index contributed by atoms with van der Waals surface area (Å²) in [5.41, 5.74) is 6.68. The Morgan fingerprint density at radius 2 is 2.33 bits per heavy atom. The van der Waals surface area contributed by atoms with E-state index in [0.717, 1.165) is 16.4 Å². The van der Waals surface area contributed by atoms with Crippen LogP contribution in [0.5, 0.6) is 0 Å². The van der Waals surface area contributed by atoms with E-state index in [9.17, 15) is 4.79 Å². The van der Waals surface area contributed by atoms with Crippen molar-refractivity contribution >= 4 is 22.9 Å². The van der Waals surface area contributed by atoms with Gasteiger partial charge in [0.15, 0.2) is 0 Å². The maximum Gasteiger partial charge on any atom is 0.249 e. The number of nitrogens with one attached hydrogen (secondary N) is 1. The van der Waals surface area contributed by atoms with Crippen molar-refractivity contribution in [1.82, 2.24) is 14.5 Å². The fourth-order valence-electron chi connectivity index (χ4n) is 1.83. The number of nitrogens with two attached hydrogens (primary N) is 1. The minimum Gasteiger partial charge on any atom is -0.379 e. The van der Waals surface area contributed by atoms with E-state index in [1.807, 2.05) is 22.9 Å². The van der Waals surface area contributed by atoms with Crippen LogP contribution in [0.2, 0.25) is 0 Å². The zero-order chi connectivity index (χ0) is 14.7. The smallest absolute Gasteiger partial charge is 0.249 e. The first kappa shape index (κ1) is 13.3. The predicted octanol–water partition coefficient (Wildman–Crippen LogP) is 2.04. The van der Waals surface area contributed by atoms with Crippen LogP contribution in [0, 0.1) is 0 Å². The lowest BCUT2D eigenvalue weighted by Gasteiger charge is -2.06. The van der Waals surface area contributed by atoms with Crippen LogP contribution in [-0.2, 0) is 6.54 Å². The highest BCUT2D eigenvalue weighted by Gasteiger charge is 2.04. The van der Waals surface area contributed by atoms with Crippen LogP contribution >= 0.6 is 11.3 Å². The average molecular weight is 299 g/mol. The third kappa shape index (κ3) is 3.09. The highest BCUT2D eigenvalue weighted by molar-refractivity contribution is 7.10. The molecule has 106 valence electrons. The summed E-state index contributed by atoms with van der Waals surface area (Å²) in [5, 5.41) is 5.02. The number of nitrogens with zero attached hydrogens (tertiary/aromatic N) is 3. The lowest BCUT2D eigenvalue weighted by Crippen LogP contribution is -2.09. The quantitative estimate of drug-likeness (QED) is 0.755. The molecule has 0 unspecified atom stereocenters. The molecule has 3 N–H and O–H groups in total. The van der Waals surface area contributed by atoms with Gasteiger partial charge in [-0.05, 0) is 18.2 Å². The van der Waals surface area contributed by atoms with Crippen molar-refractivity contribution in [3.8, 4) is 5.82 Å². The van der Waals surface area contributed by atoms with Crippen molar-refractivity contribution in [2.45, 2.75) is 6.54 Å². The van der Waals surface area contributed by atoms with Gasteiger partial charge in [0, 0.05) is 29.2 Å². The van der Waals surface area contributed by atoms with Gasteiger partial charge in [-0.3, -0.25) is 9.36 Å². The molecule has 0 fully saturated rings. The lowest BCUT2D eigenvalue weighted by molar-refractivity contribution is 0.100. The first-order chi connectivity index (χ1) is 10.2. The zero-order valence-electron chi connectivity index (χ0n) is 11.1. The monoisotopic (exact) mass is 299 g/mol. The maximum atomic E-state index is 11.0. The summed E-state index contributed by atoms with van der Waals surface area (Å²) >= 11 is 1.50. The molecule has 0 bridgehead atoms. The summed E-state index contributed by atoms with van der Waals surface area (Å²) < 4.78 is 1.84. The number of carbonyl (C=O) groups excluding carboxylic acids is 1. The number of primary amides is 1. The number of carbonyl (C=O) groups is 1. The molecular formula is C14H13N5OS. The Morgan fingerprint density at radius 1 is 1.43 bits per heavy atom. The van der Waals surface area contributed by atoms with Crippen LogP contribution < -0.4 is 11.1 Å². The molecule has 0 aliphatic carbocycles. The number of hydrogen-bond donors (Lipinski definition) is 2. The molecule has 0 spiro atoms. The fraction of sp³-hybridized carbons (Fsp3) is 0.0714. The molecule has 0 saturated carbocycles. The van der Waals surface area contributed by atoms with Crippen LogP contribution in [0.15, 0.2) is 48.5 Å². The molecule has 3 rings (SSSR count). The Balaban J connectivity index is 1.64. The van der Waals surface area contributed by atoms with Crippen LogP contribution in [0.4, 0.5) is 5.69 Å². The van der Waals surface area contributed by atoms with Gasteiger partial charge >= 0.3 is 0 Å². The van der Waals surface area contributed by atoms with E-state index in [2.05, 4.69) is 15.3 Å². The number of thiophene rings is 1. The summed E-state index contributed by atoms with van der Waals surface area (Å²) in [4.78, 5) is 20.4. The molecule has 3 aromatic rings. The molecule has 0 aromatic carbocycles. The topological polar surface area (TPSA) is 85.8 Å². The highest BCUT2D eigenvalue weighted by atomic mass is 32.1. The van der Waals surface area contributed by atoms with E-state index < -0.39 is 5.91 Å². The molecule has 0 atom stereocenters. The number of pyridine rings is 1. The summed E-state index contributed by atoms with van der Waals surface area (Å²) in [6.07, 6.45) is 7.01. The summed E-state index contributed by atoms with van der Waals surface area (Å²) in [5.74, 6) is 0.411. The Labute approximate surface area is 125 Å². The molecule has 0 radical (unpaired) electrons. The average Bonchev–Trinajstić information content (AvgIpc) is 3.17. The number of amides is 1. The molecule has 0 aliphatic rings. The Hall–Kier alpha value is -2.67. The van der Waals surface area contributed by atoms with Gasteiger partial charge in [0.25, 0.3) is 0 Å². The second-order valence-corrected chi connectivity index (χ2v) is 5.39. The Bertz CT molecular complexity index is 733. The van der Waals surface area contributed by atoms with Crippen molar-refractivity contribution in [2.75, 3.05) is 5.32 Å². The third-order valence-corrected chi connectivity index (χ3v) is 3.86. The second-order valence-electron chi connectivity index (χ2n) is 4.39. The molecule has 6 nitrogen and oxygen atoms in total. The molecular weight excluding hydrogens is 286 g/mol. The molecule has 3 aromatic heterocycles. The number of anilines is 1. The number of aromatic nitrogens is 3. The summed E-state index contributed by atoms with van der Waals surface area (Å²) in [6.45, 7) is 0.629. The standard InChI is InChI=1S/C14H13N5OS/c15-14(20)10-5-12(21-8-10)7-17-11-1-2-13(18-6-11)19-4-3-16-9-19/h1-6,8-9,17H,7H2,(H2,15,20). The third-order valence-electron chi connectivity index (χ3n) is 2.92. The molecule has 0 saturated heterocycles. The van der Waals surface area contributed by atoms with Gasteiger partial charge in [0.1, 0.15) is 12.1 Å². The second kappa shape index (κ2) is 5.76. The van der Waals surface area contributed by atoms with Crippen LogP contribution in [0.1, 0.15) is 15.2 Å². The van der Waals surface area contributed by atoms with E-state index in [0.29, 0.717) is 12.1 Å². The highest BCUT2D eigenvalue weighted by Crippen LogP contribution is 2.17. The SMILES string of the molecule is NC(=O)c1csc(CNc2ccc(-n3ccnc3)nc2)c1. The van der Waals surface area contributed by atoms with Crippen molar-refractivity contribution < 1.29 is 4.79 Å². The summed E-state index contributed by atoms with van der Waals surface area (Å²) in [6, 6.07) is 5.66. The zero-order valence-corrected chi connectivity index (χ0v) is 11.9. The van der Waals surface area contributed by atoms with Crippen LogP contribution in [0.25, 0.3) is 5.82 Å². The molecule has 3 heterocycles. The minimum atomic E-state index is -0.399. The first-order valence-electron chi connectivity index (χ1n) is 6.28. The van der Waals surface area contributed by atoms with E-state index in [4.69, 9.17) is 5.73 Å². The van der Waals surface area contributed by atoms with E-state index in [-0.39, 0.29) is 0 Å². The lowest BCUT2D eigenvalue weighted by atomic mass is 10.3. The van der Waals surface area contributed by atoms with Gasteiger partial charge in [-0.25, -0.2) is 9.97 Å². The van der Waals surface area contributed by atoms with E-state index >= 15 is 0 Å². The Morgan fingerprint density at radius 3 is 2.95 bits per heavy atom. The molecule has 0 aliphatic heterocycles. The van der Waals surface area contributed by atoms with Crippen molar-refractivity contribution in [3.05, 3.63) is 58.9 Å². The summed E-state index contributed by atoms with van der Waals surface area (Å²) in [7, 11) is 0. The van der Waals surface area contributed by atoms with Crippen LogP contribution in [-0.4, -0.2) is 20.4 Å². The molecule has 1 amide bonds. The largest absolute Gasteiger partial charge is 0.379 e. The van der Waals surface area contributed by atoms with Gasteiger partial charge in [0.2, 0.25) is 5.91 Å². The number of hydrogen-bond acceptors (Lipinski definition) is 5. The van der Waals surface area contributed by atoms with Crippen molar-refractivity contribution in [2.24, 2.45) is 5.73 Å². The predicted molar refractivity (Wildman–Crippen MR) is 81.5 cm³/mol. The van der Waals surface area contributed by atoms with Gasteiger partial charge in [-0.15, -0.1) is 11.3 Å². The Kier molecular flexibility index (Phi) is 3.65. The van der Waals surface area contributed by atoms with Crippen molar-refractivity contribution in [3.63, 3.8) is 0 Å². The van der Waals surface area contributed by atoms with E-state index in [1.54, 1.807) is 30.2 Å². The van der Waals surface area contributed by atoms with E-state index in [1.165, 1.54) is 11.3 Å². The van der Waals surface area contributed by atoms with Gasteiger partial charge < -0.3 is 11.1 Å². The molecule has 21 heavy (non-hydrogen) atoms.